The molecule has 0 aliphatic heterocycles. The first kappa shape index (κ1) is 33.8. The molecule has 11 heteroatoms. The molecule has 3 aromatic carbocycles. The topological polar surface area (TPSA) is 116 Å². The molecule has 0 fully saturated rings. The van der Waals surface area contributed by atoms with Gasteiger partial charge in [0.2, 0.25) is 0 Å². The highest BCUT2D eigenvalue weighted by Crippen LogP contribution is 2.34. The largest absolute Gasteiger partial charge is 0.497 e. The Morgan fingerprint density at radius 1 is 1.00 bits per heavy atom. The van der Waals surface area contributed by atoms with Crippen molar-refractivity contribution in [1.82, 2.24) is 4.98 Å². The third-order valence-electron chi connectivity index (χ3n) is 6.69. The first-order valence-electron chi connectivity index (χ1n) is 14.3. The molecule has 0 amide bonds. The molecule has 234 valence electrons. The van der Waals surface area contributed by atoms with Gasteiger partial charge in [0.15, 0.2) is 9.84 Å². The summed E-state index contributed by atoms with van der Waals surface area (Å²) in [7, 11) is -1.92. The Labute approximate surface area is 273 Å². The number of nitriles is 1. The lowest BCUT2D eigenvalue weighted by atomic mass is 9.99. The maximum Gasteiger partial charge on any atom is 0.316 e. The zero-order valence-corrected chi connectivity index (χ0v) is 27.3. The van der Waals surface area contributed by atoms with Gasteiger partial charge < -0.3 is 14.2 Å². The number of thioether (sulfide) groups is 1. The molecular formula is C34H33ClN2O6S2. The number of methoxy groups -OCH3 is 1. The van der Waals surface area contributed by atoms with Gasteiger partial charge in [-0.2, -0.15) is 5.26 Å². The lowest BCUT2D eigenvalue weighted by Crippen LogP contribution is -2.33. The number of rotatable bonds is 15. The maximum absolute atomic E-state index is 13.1. The van der Waals surface area contributed by atoms with Gasteiger partial charge in [0.05, 0.1) is 35.6 Å². The molecule has 1 aromatic heterocycles. The fourth-order valence-electron chi connectivity index (χ4n) is 4.40. The summed E-state index contributed by atoms with van der Waals surface area (Å²) in [5, 5.41) is 11.0. The first-order valence-corrected chi connectivity index (χ1v) is 17.5. The number of ether oxygens (including phenoxy) is 3. The first-order chi connectivity index (χ1) is 21.7. The highest BCUT2D eigenvalue weighted by Gasteiger charge is 2.25. The van der Waals surface area contributed by atoms with Gasteiger partial charge in [-0.15, -0.1) is 0 Å². The van der Waals surface area contributed by atoms with Gasteiger partial charge >= 0.3 is 5.97 Å². The number of hydrogen-bond acceptors (Lipinski definition) is 9. The summed E-state index contributed by atoms with van der Waals surface area (Å²) in [6.45, 7) is 1.75. The van der Waals surface area contributed by atoms with E-state index in [1.807, 2.05) is 67.6 Å². The van der Waals surface area contributed by atoms with Gasteiger partial charge in [0.1, 0.15) is 35.3 Å². The third-order valence-corrected chi connectivity index (χ3v) is 9.68. The van der Waals surface area contributed by atoms with E-state index in [2.05, 4.69) is 6.07 Å². The molecule has 1 atom stereocenters. The van der Waals surface area contributed by atoms with Crippen LogP contribution in [-0.2, 0) is 19.4 Å². The second kappa shape index (κ2) is 16.3. The average molecular weight is 665 g/mol. The number of sulfone groups is 1. The van der Waals surface area contributed by atoms with E-state index in [0.717, 1.165) is 29.3 Å². The minimum Gasteiger partial charge on any atom is -0.497 e. The molecule has 0 aliphatic carbocycles. The van der Waals surface area contributed by atoms with E-state index in [1.54, 1.807) is 31.4 Å². The van der Waals surface area contributed by atoms with E-state index in [1.165, 1.54) is 0 Å². The minimum atomic E-state index is -3.50. The molecule has 0 saturated carbocycles. The molecule has 0 saturated heterocycles. The molecule has 1 heterocycles. The molecule has 45 heavy (non-hydrogen) atoms. The molecular weight excluding hydrogens is 632 g/mol. The van der Waals surface area contributed by atoms with Crippen LogP contribution in [0.5, 0.6) is 11.5 Å². The molecule has 0 bridgehead atoms. The highest BCUT2D eigenvalue weighted by atomic mass is 35.5. The Kier molecular flexibility index (Phi) is 12.3. The summed E-state index contributed by atoms with van der Waals surface area (Å²) in [6.07, 6.45) is 0.189. The number of pyridine rings is 1. The van der Waals surface area contributed by atoms with E-state index in [0.29, 0.717) is 44.8 Å². The Balaban J connectivity index is 1.57. The lowest BCUT2D eigenvalue weighted by Gasteiger charge is -2.19. The molecule has 0 spiro atoms. The van der Waals surface area contributed by atoms with Gasteiger partial charge in [-0.05, 0) is 66.6 Å². The number of esters is 1. The number of carbonyl (C=O) groups excluding carboxylic acids is 1. The fraction of sp³-hybridized carbons (Fsp3) is 0.265. The van der Waals surface area contributed by atoms with Crippen LogP contribution in [0.15, 0.2) is 90.0 Å². The van der Waals surface area contributed by atoms with Gasteiger partial charge in [-0.1, -0.05) is 67.0 Å². The van der Waals surface area contributed by atoms with Crippen molar-refractivity contribution in [2.75, 3.05) is 31.0 Å². The van der Waals surface area contributed by atoms with Crippen molar-refractivity contribution in [3.63, 3.8) is 0 Å². The van der Waals surface area contributed by atoms with Crippen molar-refractivity contribution in [3.05, 3.63) is 95.5 Å². The van der Waals surface area contributed by atoms with Crippen LogP contribution in [0.25, 0.3) is 22.4 Å². The molecule has 1 unspecified atom stereocenters. The Morgan fingerprint density at radius 2 is 1.69 bits per heavy atom. The second-order valence-corrected chi connectivity index (χ2v) is 13.7. The average Bonchev–Trinajstić information content (AvgIpc) is 3.06. The van der Waals surface area contributed by atoms with Crippen molar-refractivity contribution in [2.45, 2.75) is 30.9 Å². The van der Waals surface area contributed by atoms with Crippen LogP contribution in [0.4, 0.5) is 0 Å². The van der Waals surface area contributed by atoms with Gasteiger partial charge in [0.25, 0.3) is 0 Å². The van der Waals surface area contributed by atoms with Crippen LogP contribution in [-0.4, -0.2) is 56.5 Å². The van der Waals surface area contributed by atoms with E-state index >= 15 is 0 Å². The van der Waals surface area contributed by atoms with Gasteiger partial charge in [0, 0.05) is 16.1 Å². The summed E-state index contributed by atoms with van der Waals surface area (Å²) in [5.41, 5.74) is 3.24. The van der Waals surface area contributed by atoms with Crippen LogP contribution in [0.3, 0.4) is 0 Å². The summed E-state index contributed by atoms with van der Waals surface area (Å²) in [5.74, 6) is -0.0783. The zero-order valence-electron chi connectivity index (χ0n) is 24.9. The van der Waals surface area contributed by atoms with Crippen molar-refractivity contribution in [3.8, 4) is 40.0 Å². The van der Waals surface area contributed by atoms with E-state index in [-0.39, 0.29) is 23.9 Å². The number of unbranched alkanes of at least 4 members (excludes halogenated alkanes) is 1. The van der Waals surface area contributed by atoms with Crippen molar-refractivity contribution < 1.29 is 27.4 Å². The van der Waals surface area contributed by atoms with Crippen molar-refractivity contribution >= 4 is 39.2 Å². The second-order valence-electron chi connectivity index (χ2n) is 10.1. The molecule has 0 N–H and O–H groups in total. The number of benzene rings is 3. The monoisotopic (exact) mass is 664 g/mol. The molecule has 4 rings (SSSR count). The van der Waals surface area contributed by atoms with Gasteiger partial charge in [-0.25, -0.2) is 13.4 Å². The summed E-state index contributed by atoms with van der Waals surface area (Å²) >= 11 is 7.01. The van der Waals surface area contributed by atoms with Crippen LogP contribution in [0.1, 0.15) is 25.3 Å². The van der Waals surface area contributed by atoms with Crippen LogP contribution in [0.2, 0.25) is 5.02 Å². The van der Waals surface area contributed by atoms with E-state index in [9.17, 15) is 18.5 Å². The number of hydrogen-bond donors (Lipinski definition) is 0. The van der Waals surface area contributed by atoms with Crippen molar-refractivity contribution in [2.24, 2.45) is 0 Å². The number of halogens is 1. The quantitative estimate of drug-likeness (QED) is 0.0957. The highest BCUT2D eigenvalue weighted by molar-refractivity contribution is 8.00. The minimum absolute atomic E-state index is 0.0108. The predicted molar refractivity (Wildman–Crippen MR) is 177 cm³/mol. The molecule has 4 aromatic rings. The van der Waals surface area contributed by atoms with Crippen LogP contribution >= 0.6 is 23.4 Å². The number of aromatic nitrogens is 1. The Morgan fingerprint density at radius 3 is 2.33 bits per heavy atom. The zero-order chi connectivity index (χ0) is 32.2. The SMILES string of the molecule is CCCCS(=O)(=O)CC(COc1ccc(Cl)cc1)OC(=O)CSc1nc(-c2ccc(OC)cc2)cc(-c2ccccc2)c1C#N. The summed E-state index contributed by atoms with van der Waals surface area (Å²) in [4.78, 5) is 17.9. The number of carbonyl (C=O) groups is 1. The standard InChI is InChI=1S/C34H33ClN2O6S2/c1-3-4-18-45(39,40)23-29(21-42-28-16-12-26(35)13-17-28)43-33(38)22-44-34-31(20-36)30(24-8-6-5-7-9-24)19-32(37-34)25-10-14-27(41-2)15-11-25/h5-17,19,29H,3-4,18,21-23H2,1-2H3. The van der Waals surface area contributed by atoms with Crippen molar-refractivity contribution in [1.29, 1.82) is 5.26 Å². The Bertz CT molecular complexity index is 1730. The third kappa shape index (κ3) is 9.98. The molecule has 0 aliphatic rings. The summed E-state index contributed by atoms with van der Waals surface area (Å²) < 4.78 is 42.2. The van der Waals surface area contributed by atoms with Gasteiger partial charge in [-0.3, -0.25) is 4.79 Å². The molecule has 8 nitrogen and oxygen atoms in total. The van der Waals surface area contributed by atoms with Crippen LogP contribution in [0, 0.1) is 11.3 Å². The lowest BCUT2D eigenvalue weighted by molar-refractivity contribution is -0.146. The predicted octanol–water partition coefficient (Wildman–Crippen LogP) is 7.25. The maximum atomic E-state index is 13.1. The fourth-order valence-corrected chi connectivity index (χ4v) is 6.94. The Hall–Kier alpha value is -4.04. The van der Waals surface area contributed by atoms with E-state index in [4.69, 9.17) is 30.8 Å². The summed E-state index contributed by atoms with van der Waals surface area (Å²) in [6, 6.07) is 27.6. The van der Waals surface area contributed by atoms with Crippen LogP contribution < -0.4 is 9.47 Å². The number of nitrogens with zero attached hydrogens (tertiary/aromatic N) is 2. The normalized spacial score (nSPS) is 11.8. The van der Waals surface area contributed by atoms with E-state index < -0.39 is 21.9 Å². The molecule has 0 radical (unpaired) electrons. The smallest absolute Gasteiger partial charge is 0.316 e.